The highest BCUT2D eigenvalue weighted by molar-refractivity contribution is 5.04. The Kier molecular flexibility index (Phi) is 4.18. The standard InChI is InChI=1S/C13H24N4/c1-3-12(4-2)17-8-7-11(16-17)9-13(15-14)10-5-6-10/h7-8,10,12-13,15H,3-6,9,14H2,1-2H3. The van der Waals surface area contributed by atoms with Gasteiger partial charge in [0, 0.05) is 18.7 Å². The number of hydrazine groups is 1. The third-order valence-corrected chi connectivity index (χ3v) is 3.81. The molecule has 2 rings (SSSR count). The monoisotopic (exact) mass is 236 g/mol. The van der Waals surface area contributed by atoms with Crippen LogP contribution in [0.3, 0.4) is 0 Å². The van der Waals surface area contributed by atoms with Crippen molar-refractivity contribution in [1.29, 1.82) is 0 Å². The van der Waals surface area contributed by atoms with Gasteiger partial charge < -0.3 is 0 Å². The van der Waals surface area contributed by atoms with Crippen LogP contribution in [0.1, 0.15) is 51.3 Å². The fourth-order valence-electron chi connectivity index (χ4n) is 2.44. The molecule has 4 nitrogen and oxygen atoms in total. The summed E-state index contributed by atoms with van der Waals surface area (Å²) in [5.74, 6) is 6.36. The van der Waals surface area contributed by atoms with Crippen molar-refractivity contribution in [2.45, 2.75) is 58.0 Å². The summed E-state index contributed by atoms with van der Waals surface area (Å²) in [6.45, 7) is 4.42. The van der Waals surface area contributed by atoms with Crippen LogP contribution in [0.4, 0.5) is 0 Å². The van der Waals surface area contributed by atoms with Crippen LogP contribution in [-0.2, 0) is 6.42 Å². The third kappa shape index (κ3) is 3.07. The molecule has 0 saturated heterocycles. The molecule has 96 valence electrons. The molecule has 0 spiro atoms. The lowest BCUT2D eigenvalue weighted by Crippen LogP contribution is -2.38. The fraction of sp³-hybridized carbons (Fsp3) is 0.769. The second-order valence-corrected chi connectivity index (χ2v) is 5.07. The number of nitrogens with zero attached hydrogens (tertiary/aromatic N) is 2. The SMILES string of the molecule is CCC(CC)n1ccc(CC(NN)C2CC2)n1. The predicted molar refractivity (Wildman–Crippen MR) is 69.4 cm³/mol. The summed E-state index contributed by atoms with van der Waals surface area (Å²) < 4.78 is 2.11. The van der Waals surface area contributed by atoms with E-state index >= 15 is 0 Å². The van der Waals surface area contributed by atoms with Gasteiger partial charge in [-0.3, -0.25) is 16.0 Å². The highest BCUT2D eigenvalue weighted by Crippen LogP contribution is 2.33. The summed E-state index contributed by atoms with van der Waals surface area (Å²) in [6.07, 6.45) is 7.95. The first-order chi connectivity index (χ1) is 8.28. The smallest absolute Gasteiger partial charge is 0.0640 e. The molecule has 1 aliphatic carbocycles. The second-order valence-electron chi connectivity index (χ2n) is 5.07. The van der Waals surface area contributed by atoms with E-state index in [1.165, 1.54) is 12.8 Å². The van der Waals surface area contributed by atoms with Crippen LogP contribution in [0.5, 0.6) is 0 Å². The molecule has 3 N–H and O–H groups in total. The predicted octanol–water partition coefficient (Wildman–Crippen LogP) is 2.03. The summed E-state index contributed by atoms with van der Waals surface area (Å²) in [6, 6.07) is 3.07. The van der Waals surface area contributed by atoms with Crippen LogP contribution in [0, 0.1) is 5.92 Å². The van der Waals surface area contributed by atoms with Crippen molar-refractivity contribution < 1.29 is 0 Å². The molecular weight excluding hydrogens is 212 g/mol. The van der Waals surface area contributed by atoms with Gasteiger partial charge in [0.05, 0.1) is 11.7 Å². The zero-order valence-electron chi connectivity index (χ0n) is 10.9. The lowest BCUT2D eigenvalue weighted by atomic mass is 10.1. The minimum Gasteiger partial charge on any atom is -0.271 e. The van der Waals surface area contributed by atoms with E-state index in [2.05, 4.69) is 41.3 Å². The van der Waals surface area contributed by atoms with E-state index < -0.39 is 0 Å². The summed E-state index contributed by atoms with van der Waals surface area (Å²) in [5.41, 5.74) is 4.09. The molecule has 1 aliphatic rings. The maximum atomic E-state index is 5.60. The van der Waals surface area contributed by atoms with Gasteiger partial charge in [-0.05, 0) is 37.7 Å². The van der Waals surface area contributed by atoms with Gasteiger partial charge >= 0.3 is 0 Å². The van der Waals surface area contributed by atoms with E-state index in [0.717, 1.165) is 30.9 Å². The average molecular weight is 236 g/mol. The molecule has 4 heteroatoms. The molecule has 1 heterocycles. The average Bonchev–Trinajstić information content (AvgIpc) is 3.09. The Hall–Kier alpha value is -0.870. The van der Waals surface area contributed by atoms with Crippen molar-refractivity contribution in [2.75, 3.05) is 0 Å². The normalized spacial score (nSPS) is 17.6. The van der Waals surface area contributed by atoms with E-state index in [9.17, 15) is 0 Å². The fourth-order valence-corrected chi connectivity index (χ4v) is 2.44. The lowest BCUT2D eigenvalue weighted by Gasteiger charge is -2.14. The van der Waals surface area contributed by atoms with Gasteiger partial charge in [-0.25, -0.2) is 0 Å². The molecule has 17 heavy (non-hydrogen) atoms. The van der Waals surface area contributed by atoms with Gasteiger partial charge in [0.2, 0.25) is 0 Å². The number of hydrogen-bond acceptors (Lipinski definition) is 3. The zero-order chi connectivity index (χ0) is 12.3. The minimum atomic E-state index is 0.403. The third-order valence-electron chi connectivity index (χ3n) is 3.81. The summed E-state index contributed by atoms with van der Waals surface area (Å²) >= 11 is 0. The summed E-state index contributed by atoms with van der Waals surface area (Å²) in [5, 5.41) is 4.67. The molecule has 0 aromatic carbocycles. The first kappa shape index (κ1) is 12.6. The molecule has 1 aromatic heterocycles. The second kappa shape index (κ2) is 5.65. The van der Waals surface area contributed by atoms with Crippen LogP contribution in [0.15, 0.2) is 12.3 Å². The van der Waals surface area contributed by atoms with Crippen LogP contribution in [0.2, 0.25) is 0 Å². The van der Waals surface area contributed by atoms with Crippen LogP contribution in [-0.4, -0.2) is 15.8 Å². The lowest BCUT2D eigenvalue weighted by molar-refractivity contribution is 0.418. The number of rotatable bonds is 7. The number of aromatic nitrogens is 2. The van der Waals surface area contributed by atoms with E-state index in [1.807, 2.05) is 0 Å². The van der Waals surface area contributed by atoms with Gasteiger partial charge in [-0.15, -0.1) is 0 Å². The van der Waals surface area contributed by atoms with Crippen LogP contribution >= 0.6 is 0 Å². The Balaban J connectivity index is 1.97. The Morgan fingerprint density at radius 2 is 2.18 bits per heavy atom. The maximum Gasteiger partial charge on any atom is 0.0640 e. The van der Waals surface area contributed by atoms with Gasteiger partial charge in [-0.1, -0.05) is 13.8 Å². The first-order valence-corrected chi connectivity index (χ1v) is 6.78. The molecule has 0 amide bonds. The summed E-state index contributed by atoms with van der Waals surface area (Å²) in [4.78, 5) is 0. The Bertz CT molecular complexity index is 339. The van der Waals surface area contributed by atoms with Crippen molar-refractivity contribution >= 4 is 0 Å². The highest BCUT2D eigenvalue weighted by atomic mass is 15.3. The van der Waals surface area contributed by atoms with E-state index in [1.54, 1.807) is 0 Å². The van der Waals surface area contributed by atoms with Gasteiger partial charge in [-0.2, -0.15) is 5.10 Å². The first-order valence-electron chi connectivity index (χ1n) is 6.78. The van der Waals surface area contributed by atoms with Crippen molar-refractivity contribution in [1.82, 2.24) is 15.2 Å². The Morgan fingerprint density at radius 1 is 1.47 bits per heavy atom. The molecule has 1 aromatic rings. The molecule has 1 saturated carbocycles. The van der Waals surface area contributed by atoms with Gasteiger partial charge in [0.1, 0.15) is 0 Å². The van der Waals surface area contributed by atoms with E-state index in [-0.39, 0.29) is 0 Å². The van der Waals surface area contributed by atoms with E-state index in [0.29, 0.717) is 12.1 Å². The minimum absolute atomic E-state index is 0.403. The molecule has 1 unspecified atom stereocenters. The van der Waals surface area contributed by atoms with Crippen molar-refractivity contribution in [3.63, 3.8) is 0 Å². The molecule has 0 bridgehead atoms. The highest BCUT2D eigenvalue weighted by Gasteiger charge is 2.30. The molecule has 1 atom stereocenters. The largest absolute Gasteiger partial charge is 0.271 e. The Labute approximate surface area is 104 Å². The molecule has 1 fully saturated rings. The van der Waals surface area contributed by atoms with Crippen molar-refractivity contribution in [3.05, 3.63) is 18.0 Å². The van der Waals surface area contributed by atoms with Gasteiger partial charge in [0.15, 0.2) is 0 Å². The molecule has 0 radical (unpaired) electrons. The van der Waals surface area contributed by atoms with E-state index in [4.69, 9.17) is 5.84 Å². The quantitative estimate of drug-likeness (QED) is 0.562. The van der Waals surface area contributed by atoms with Crippen LogP contribution < -0.4 is 11.3 Å². The molecule has 0 aliphatic heterocycles. The topological polar surface area (TPSA) is 55.9 Å². The summed E-state index contributed by atoms with van der Waals surface area (Å²) in [7, 11) is 0. The van der Waals surface area contributed by atoms with Crippen molar-refractivity contribution in [3.8, 4) is 0 Å². The van der Waals surface area contributed by atoms with Crippen molar-refractivity contribution in [2.24, 2.45) is 11.8 Å². The number of hydrogen-bond donors (Lipinski definition) is 2. The zero-order valence-corrected chi connectivity index (χ0v) is 10.9. The maximum absolute atomic E-state index is 5.60. The van der Waals surface area contributed by atoms with Crippen LogP contribution in [0.25, 0.3) is 0 Å². The Morgan fingerprint density at radius 3 is 2.71 bits per heavy atom. The van der Waals surface area contributed by atoms with Gasteiger partial charge in [0.25, 0.3) is 0 Å². The number of nitrogens with two attached hydrogens (primary N) is 1. The molecular formula is C13H24N4. The number of nitrogens with one attached hydrogen (secondary N) is 1.